The average molecular weight is 304 g/mol. The van der Waals surface area contributed by atoms with Crippen molar-refractivity contribution in [3.63, 3.8) is 0 Å². The number of halogens is 3. The van der Waals surface area contributed by atoms with Crippen LogP contribution in [0.15, 0.2) is 41.2 Å². The van der Waals surface area contributed by atoms with E-state index in [0.29, 0.717) is 11.3 Å². The highest BCUT2D eigenvalue weighted by Crippen LogP contribution is 2.28. The lowest BCUT2D eigenvalue weighted by Crippen LogP contribution is -2.04. The predicted molar refractivity (Wildman–Crippen MR) is 74.8 cm³/mol. The molecule has 104 valence electrons. The monoisotopic (exact) mass is 304 g/mol. The second-order valence-corrected chi connectivity index (χ2v) is 4.97. The molecule has 21 heavy (non-hydrogen) atoms. The van der Waals surface area contributed by atoms with Crippen molar-refractivity contribution in [2.75, 3.05) is 0 Å². The van der Waals surface area contributed by atoms with Gasteiger partial charge in [-0.2, -0.15) is 13.2 Å². The van der Waals surface area contributed by atoms with Gasteiger partial charge in [-0.25, -0.2) is 4.98 Å². The van der Waals surface area contributed by atoms with Crippen molar-refractivity contribution in [1.82, 2.24) is 9.97 Å². The molecule has 3 rings (SSSR count). The van der Waals surface area contributed by atoms with Crippen LogP contribution in [-0.2, 0) is 6.18 Å². The first-order valence-electron chi connectivity index (χ1n) is 5.90. The molecule has 0 radical (unpaired) electrons. The fourth-order valence-corrected chi connectivity index (χ4v) is 2.37. The van der Waals surface area contributed by atoms with Crippen LogP contribution in [0.4, 0.5) is 13.2 Å². The Morgan fingerprint density at radius 3 is 2.38 bits per heavy atom. The largest absolute Gasteiger partial charge is 0.416 e. The van der Waals surface area contributed by atoms with Crippen molar-refractivity contribution in [2.45, 2.75) is 6.18 Å². The summed E-state index contributed by atoms with van der Waals surface area (Å²) in [6, 6.07) is 4.70. The molecule has 0 spiro atoms. The Hall–Kier alpha value is -2.39. The van der Waals surface area contributed by atoms with E-state index < -0.39 is 11.7 Å². The van der Waals surface area contributed by atoms with E-state index in [2.05, 4.69) is 21.8 Å². The summed E-state index contributed by atoms with van der Waals surface area (Å²) in [4.78, 5) is 8.50. The quantitative estimate of drug-likeness (QED) is 0.584. The van der Waals surface area contributed by atoms with E-state index in [-0.39, 0.29) is 0 Å². The molecule has 2 heterocycles. The highest BCUT2D eigenvalue weighted by molar-refractivity contribution is 7.09. The molecule has 0 aliphatic carbocycles. The van der Waals surface area contributed by atoms with Gasteiger partial charge >= 0.3 is 6.18 Å². The van der Waals surface area contributed by atoms with Gasteiger partial charge in [0.2, 0.25) is 0 Å². The molecule has 2 aromatic heterocycles. The maximum Gasteiger partial charge on any atom is 0.416 e. The molecule has 0 unspecified atom stereocenters. The van der Waals surface area contributed by atoms with E-state index in [4.69, 9.17) is 0 Å². The Balaban J connectivity index is 1.86. The first-order chi connectivity index (χ1) is 10.0. The lowest BCUT2D eigenvalue weighted by atomic mass is 10.1. The van der Waals surface area contributed by atoms with Crippen LogP contribution in [0.25, 0.3) is 11.0 Å². The summed E-state index contributed by atoms with van der Waals surface area (Å²) in [5, 5.41) is 3.75. The molecule has 2 nitrogen and oxygen atoms in total. The normalized spacial score (nSPS) is 11.2. The second kappa shape index (κ2) is 5.19. The lowest BCUT2D eigenvalue weighted by molar-refractivity contribution is -0.137. The smallest absolute Gasteiger partial charge is 0.251 e. The maximum absolute atomic E-state index is 12.4. The molecule has 0 N–H and O–H groups in total. The van der Waals surface area contributed by atoms with Crippen LogP contribution in [0.2, 0.25) is 0 Å². The van der Waals surface area contributed by atoms with Gasteiger partial charge in [-0.3, -0.25) is 4.98 Å². The van der Waals surface area contributed by atoms with Gasteiger partial charge in [0.15, 0.2) is 0 Å². The minimum Gasteiger partial charge on any atom is -0.251 e. The molecule has 6 heteroatoms. The van der Waals surface area contributed by atoms with Gasteiger partial charge in [-0.05, 0) is 30.2 Å². The highest BCUT2D eigenvalue weighted by atomic mass is 32.1. The molecule has 0 bridgehead atoms. The summed E-state index contributed by atoms with van der Waals surface area (Å²) in [7, 11) is 0. The summed E-state index contributed by atoms with van der Waals surface area (Å²) in [6.45, 7) is 0. The average Bonchev–Trinajstić information content (AvgIpc) is 2.92. The predicted octanol–water partition coefficient (Wildman–Crippen LogP) is 4.11. The molecule has 0 aliphatic heterocycles. The van der Waals surface area contributed by atoms with Crippen LogP contribution in [0.5, 0.6) is 0 Å². The number of rotatable bonds is 0. The fourth-order valence-electron chi connectivity index (χ4n) is 1.69. The Morgan fingerprint density at radius 2 is 1.67 bits per heavy atom. The van der Waals surface area contributed by atoms with E-state index >= 15 is 0 Å². The highest BCUT2D eigenvalue weighted by Gasteiger charge is 2.29. The first-order valence-corrected chi connectivity index (χ1v) is 6.85. The third kappa shape index (κ3) is 3.03. The minimum absolute atomic E-state index is 0.487. The Kier molecular flexibility index (Phi) is 3.35. The fraction of sp³-hybridized carbons (Fsp3) is 0.0667. The van der Waals surface area contributed by atoms with E-state index in [1.54, 1.807) is 6.20 Å². The number of thiophene rings is 1. The maximum atomic E-state index is 12.4. The zero-order valence-electron chi connectivity index (χ0n) is 10.5. The number of fused-ring (bicyclic) bond motifs is 1. The van der Waals surface area contributed by atoms with Gasteiger partial charge in [-0.1, -0.05) is 5.92 Å². The molecule has 3 aromatic rings. The van der Waals surface area contributed by atoms with Gasteiger partial charge in [0.05, 0.1) is 17.3 Å². The number of nitrogens with zero attached hydrogens (tertiary/aromatic N) is 2. The van der Waals surface area contributed by atoms with Crippen LogP contribution in [-0.4, -0.2) is 9.97 Å². The Labute approximate surface area is 122 Å². The third-order valence-corrected chi connectivity index (χ3v) is 3.45. The molecule has 1 aromatic carbocycles. The van der Waals surface area contributed by atoms with Gasteiger partial charge in [0, 0.05) is 16.3 Å². The van der Waals surface area contributed by atoms with Crippen LogP contribution >= 0.6 is 11.3 Å². The van der Waals surface area contributed by atoms with Gasteiger partial charge in [0.25, 0.3) is 0 Å². The summed E-state index contributed by atoms with van der Waals surface area (Å²) >= 11 is 1.50. The van der Waals surface area contributed by atoms with Gasteiger partial charge in [0.1, 0.15) is 11.2 Å². The molecule has 0 aliphatic rings. The molecule has 0 atom stereocenters. The number of hydrogen-bond donors (Lipinski definition) is 0. The van der Waals surface area contributed by atoms with Crippen molar-refractivity contribution >= 4 is 22.4 Å². The second-order valence-electron chi connectivity index (χ2n) is 4.22. The van der Waals surface area contributed by atoms with Crippen LogP contribution in [0.1, 0.15) is 16.8 Å². The van der Waals surface area contributed by atoms with Crippen LogP contribution in [0.3, 0.4) is 0 Å². The molecule has 0 amide bonds. The molecular weight excluding hydrogens is 297 g/mol. The first kappa shape index (κ1) is 13.6. The lowest BCUT2D eigenvalue weighted by Gasteiger charge is -2.05. The van der Waals surface area contributed by atoms with E-state index in [1.165, 1.54) is 23.5 Å². The number of hydrogen-bond acceptors (Lipinski definition) is 3. The summed E-state index contributed by atoms with van der Waals surface area (Å²) in [5.74, 6) is 5.58. The topological polar surface area (TPSA) is 25.8 Å². The summed E-state index contributed by atoms with van der Waals surface area (Å²) < 4.78 is 37.3. The molecule has 0 fully saturated rings. The summed E-state index contributed by atoms with van der Waals surface area (Å²) in [6.07, 6.45) is -2.78. The van der Waals surface area contributed by atoms with E-state index in [1.807, 2.05) is 10.8 Å². The zero-order chi connectivity index (χ0) is 14.9. The van der Waals surface area contributed by atoms with Crippen molar-refractivity contribution in [3.05, 3.63) is 58.0 Å². The van der Waals surface area contributed by atoms with Gasteiger partial charge < -0.3 is 0 Å². The number of aromatic nitrogens is 2. The van der Waals surface area contributed by atoms with Gasteiger partial charge in [-0.15, -0.1) is 11.3 Å². The minimum atomic E-state index is -4.33. The van der Waals surface area contributed by atoms with Crippen LogP contribution in [0, 0.1) is 11.8 Å². The third-order valence-electron chi connectivity index (χ3n) is 2.74. The standard InChI is InChI=1S/C15H7F3N2S/c16-15(17,18)11-4-1-10(2-5-11)3-6-12-7-19-13-8-21-9-14(13)20-12/h1-2,4-5,7-9H. The van der Waals surface area contributed by atoms with E-state index in [0.717, 1.165) is 23.2 Å². The number of benzene rings is 1. The Bertz CT molecular complexity index is 839. The molecule has 0 saturated carbocycles. The molecular formula is C15H7F3N2S. The zero-order valence-corrected chi connectivity index (χ0v) is 11.3. The summed E-state index contributed by atoms with van der Waals surface area (Å²) in [5.41, 5.74) is 1.86. The van der Waals surface area contributed by atoms with Crippen molar-refractivity contribution in [2.24, 2.45) is 0 Å². The number of alkyl halides is 3. The Morgan fingerprint density at radius 1 is 0.952 bits per heavy atom. The SMILES string of the molecule is FC(F)(F)c1ccc(C#Cc2cnc3cscc3n2)cc1. The van der Waals surface area contributed by atoms with Crippen molar-refractivity contribution in [1.29, 1.82) is 0 Å². The van der Waals surface area contributed by atoms with E-state index in [9.17, 15) is 13.2 Å². The molecule has 0 saturated heterocycles. The van der Waals surface area contributed by atoms with Crippen molar-refractivity contribution < 1.29 is 13.2 Å². The van der Waals surface area contributed by atoms with Crippen molar-refractivity contribution in [3.8, 4) is 11.8 Å². The van der Waals surface area contributed by atoms with Crippen LogP contribution < -0.4 is 0 Å².